The number of nitrogens with one attached hydrogen (secondary N) is 1. The zero-order chi connectivity index (χ0) is 12.3. The predicted octanol–water partition coefficient (Wildman–Crippen LogP) is 1.73. The fraction of sp³-hybridized carbons (Fsp3) is 0.667. The van der Waals surface area contributed by atoms with Crippen molar-refractivity contribution < 1.29 is 0 Å². The van der Waals surface area contributed by atoms with Gasteiger partial charge >= 0.3 is 0 Å². The van der Waals surface area contributed by atoms with E-state index in [9.17, 15) is 0 Å². The second kappa shape index (κ2) is 5.21. The van der Waals surface area contributed by atoms with Gasteiger partial charge in [-0.25, -0.2) is 0 Å². The highest BCUT2D eigenvalue weighted by Crippen LogP contribution is 2.23. The molecular weight excluding hydrogens is 214 g/mol. The molecule has 0 aliphatic carbocycles. The van der Waals surface area contributed by atoms with E-state index < -0.39 is 0 Å². The molecule has 17 heavy (non-hydrogen) atoms. The van der Waals surface area contributed by atoms with Crippen molar-refractivity contribution in [2.75, 3.05) is 35.6 Å². The quantitative estimate of drug-likeness (QED) is 0.832. The normalized spacial score (nSPS) is 19.6. The van der Waals surface area contributed by atoms with Crippen LogP contribution < -0.4 is 16.0 Å². The Labute approximate surface area is 102 Å². The largest absolute Gasteiger partial charge is 0.370 e. The first-order chi connectivity index (χ1) is 8.19. The molecule has 1 atom stereocenters. The Balaban J connectivity index is 2.13. The second-order valence-electron chi connectivity index (χ2n) is 4.74. The zero-order valence-corrected chi connectivity index (χ0v) is 10.6. The van der Waals surface area contributed by atoms with Crippen molar-refractivity contribution in [3.05, 3.63) is 6.07 Å². The topological polar surface area (TPSA) is 67.1 Å². The Bertz CT molecular complexity index is 379. The van der Waals surface area contributed by atoms with Crippen molar-refractivity contribution in [2.45, 2.75) is 26.7 Å². The molecule has 1 aromatic heterocycles. The van der Waals surface area contributed by atoms with E-state index in [1.807, 2.05) is 6.07 Å². The molecule has 1 aliphatic rings. The van der Waals surface area contributed by atoms with E-state index in [2.05, 4.69) is 34.0 Å². The molecular formula is C12H21N5. The minimum absolute atomic E-state index is 0.348. The van der Waals surface area contributed by atoms with Gasteiger partial charge in [-0.15, -0.1) is 0 Å². The molecule has 5 heteroatoms. The minimum Gasteiger partial charge on any atom is -0.370 e. The highest BCUT2D eigenvalue weighted by Gasteiger charge is 2.20. The molecule has 1 unspecified atom stereocenters. The summed E-state index contributed by atoms with van der Waals surface area (Å²) in [5.74, 6) is 2.85. The summed E-state index contributed by atoms with van der Waals surface area (Å²) < 4.78 is 0. The maximum Gasteiger partial charge on any atom is 0.223 e. The predicted molar refractivity (Wildman–Crippen MR) is 71.2 cm³/mol. The number of rotatable bonds is 4. The van der Waals surface area contributed by atoms with Gasteiger partial charge < -0.3 is 16.0 Å². The minimum atomic E-state index is 0.348. The van der Waals surface area contributed by atoms with Gasteiger partial charge in [-0.05, 0) is 18.8 Å². The number of aromatic nitrogens is 2. The van der Waals surface area contributed by atoms with E-state index in [4.69, 9.17) is 5.73 Å². The Morgan fingerprint density at radius 1 is 1.53 bits per heavy atom. The van der Waals surface area contributed by atoms with Gasteiger partial charge in [0.25, 0.3) is 0 Å². The Morgan fingerprint density at radius 3 is 3.00 bits per heavy atom. The molecule has 0 aromatic carbocycles. The van der Waals surface area contributed by atoms with Crippen molar-refractivity contribution in [3.8, 4) is 0 Å². The maximum absolute atomic E-state index is 5.74. The van der Waals surface area contributed by atoms with E-state index >= 15 is 0 Å². The van der Waals surface area contributed by atoms with Crippen LogP contribution in [0, 0.1) is 5.92 Å². The van der Waals surface area contributed by atoms with Crippen LogP contribution in [0.2, 0.25) is 0 Å². The van der Waals surface area contributed by atoms with E-state index in [0.717, 1.165) is 43.6 Å². The van der Waals surface area contributed by atoms with Gasteiger partial charge in [-0.3, -0.25) is 0 Å². The maximum atomic E-state index is 5.74. The molecule has 2 heterocycles. The number of hydrogen-bond acceptors (Lipinski definition) is 5. The molecule has 3 N–H and O–H groups in total. The fourth-order valence-electron chi connectivity index (χ4n) is 2.10. The first kappa shape index (κ1) is 12.0. The summed E-state index contributed by atoms with van der Waals surface area (Å²) in [5.41, 5.74) is 5.74. The third-order valence-electron chi connectivity index (χ3n) is 3.03. The van der Waals surface area contributed by atoms with Crippen LogP contribution in [0.1, 0.15) is 26.7 Å². The summed E-state index contributed by atoms with van der Waals surface area (Å²) in [6.45, 7) is 7.42. The zero-order valence-electron chi connectivity index (χ0n) is 10.6. The standard InChI is InChI=1S/C12H21N5/c1-3-5-14-10-7-11(16-12(13)15-10)17-6-4-9(2)8-17/h7,9H,3-6,8H2,1-2H3,(H3,13,14,15,16). The third kappa shape index (κ3) is 2.99. The molecule has 1 aromatic rings. The molecule has 0 spiro atoms. The summed E-state index contributed by atoms with van der Waals surface area (Å²) in [5, 5.41) is 3.25. The molecule has 1 saturated heterocycles. The number of nitrogens with zero attached hydrogens (tertiary/aromatic N) is 3. The van der Waals surface area contributed by atoms with Crippen molar-refractivity contribution in [1.29, 1.82) is 0 Å². The Morgan fingerprint density at radius 2 is 2.35 bits per heavy atom. The average molecular weight is 235 g/mol. The lowest BCUT2D eigenvalue weighted by atomic mass is 10.2. The van der Waals surface area contributed by atoms with Crippen LogP contribution >= 0.6 is 0 Å². The van der Waals surface area contributed by atoms with Gasteiger partial charge in [0, 0.05) is 25.7 Å². The first-order valence-corrected chi connectivity index (χ1v) is 6.32. The molecule has 1 fully saturated rings. The summed E-state index contributed by atoms with van der Waals surface area (Å²) in [4.78, 5) is 10.8. The number of anilines is 3. The van der Waals surface area contributed by atoms with Gasteiger partial charge in [0.2, 0.25) is 5.95 Å². The van der Waals surface area contributed by atoms with Gasteiger partial charge in [0.05, 0.1) is 0 Å². The van der Waals surface area contributed by atoms with Crippen molar-refractivity contribution in [1.82, 2.24) is 9.97 Å². The van der Waals surface area contributed by atoms with Crippen LogP contribution in [-0.4, -0.2) is 29.6 Å². The molecule has 0 radical (unpaired) electrons. The van der Waals surface area contributed by atoms with E-state index in [1.54, 1.807) is 0 Å². The monoisotopic (exact) mass is 235 g/mol. The Kier molecular flexibility index (Phi) is 3.66. The molecule has 94 valence electrons. The molecule has 2 rings (SSSR count). The molecule has 0 amide bonds. The SMILES string of the molecule is CCCNc1cc(N2CCC(C)C2)nc(N)n1. The van der Waals surface area contributed by atoms with Crippen LogP contribution in [0.3, 0.4) is 0 Å². The van der Waals surface area contributed by atoms with Crippen LogP contribution in [0.4, 0.5) is 17.6 Å². The van der Waals surface area contributed by atoms with E-state index in [-0.39, 0.29) is 0 Å². The summed E-state index contributed by atoms with van der Waals surface area (Å²) in [6.07, 6.45) is 2.29. The fourth-order valence-corrected chi connectivity index (χ4v) is 2.10. The highest BCUT2D eigenvalue weighted by atomic mass is 15.2. The van der Waals surface area contributed by atoms with E-state index in [0.29, 0.717) is 5.95 Å². The lowest BCUT2D eigenvalue weighted by Crippen LogP contribution is -2.21. The van der Waals surface area contributed by atoms with E-state index in [1.165, 1.54) is 6.42 Å². The molecule has 0 bridgehead atoms. The third-order valence-corrected chi connectivity index (χ3v) is 3.03. The Hall–Kier alpha value is -1.52. The van der Waals surface area contributed by atoms with Gasteiger partial charge in [-0.2, -0.15) is 9.97 Å². The first-order valence-electron chi connectivity index (χ1n) is 6.32. The van der Waals surface area contributed by atoms with Crippen LogP contribution in [0.5, 0.6) is 0 Å². The summed E-state index contributed by atoms with van der Waals surface area (Å²) in [7, 11) is 0. The van der Waals surface area contributed by atoms with Crippen molar-refractivity contribution in [2.24, 2.45) is 5.92 Å². The molecule has 1 aliphatic heterocycles. The van der Waals surface area contributed by atoms with Gasteiger partial charge in [-0.1, -0.05) is 13.8 Å². The lowest BCUT2D eigenvalue weighted by Gasteiger charge is -2.18. The average Bonchev–Trinajstić information content (AvgIpc) is 2.72. The number of nitrogens with two attached hydrogens (primary N) is 1. The van der Waals surface area contributed by atoms with Crippen LogP contribution in [0.25, 0.3) is 0 Å². The summed E-state index contributed by atoms with van der Waals surface area (Å²) >= 11 is 0. The highest BCUT2D eigenvalue weighted by molar-refractivity contribution is 5.53. The van der Waals surface area contributed by atoms with Crippen molar-refractivity contribution >= 4 is 17.6 Å². The molecule has 5 nitrogen and oxygen atoms in total. The second-order valence-corrected chi connectivity index (χ2v) is 4.74. The smallest absolute Gasteiger partial charge is 0.223 e. The molecule has 0 saturated carbocycles. The van der Waals surface area contributed by atoms with Crippen molar-refractivity contribution in [3.63, 3.8) is 0 Å². The number of hydrogen-bond donors (Lipinski definition) is 2. The van der Waals surface area contributed by atoms with Crippen LogP contribution in [0.15, 0.2) is 6.07 Å². The van der Waals surface area contributed by atoms with Gasteiger partial charge in [0.15, 0.2) is 0 Å². The number of nitrogen functional groups attached to an aromatic ring is 1. The lowest BCUT2D eigenvalue weighted by molar-refractivity contribution is 0.659. The summed E-state index contributed by atoms with van der Waals surface area (Å²) in [6, 6.07) is 1.99. The van der Waals surface area contributed by atoms with Gasteiger partial charge in [0.1, 0.15) is 11.6 Å². The van der Waals surface area contributed by atoms with Crippen LogP contribution in [-0.2, 0) is 0 Å².